The fourth-order valence-corrected chi connectivity index (χ4v) is 4.26. The van der Waals surface area contributed by atoms with Gasteiger partial charge in [0.2, 0.25) is 0 Å². The number of para-hydroxylation sites is 1. The van der Waals surface area contributed by atoms with Crippen LogP contribution in [0.1, 0.15) is 0 Å². The first kappa shape index (κ1) is 13.2. The standard InChI is InChI=1S/C11H12ClNO4S/c12-9-6-18(15,16)7-10(9)13-11(14)17-8-4-2-1-3-5-8/h1-5,9-10H,6-7H2,(H,13,14). The molecular weight excluding hydrogens is 278 g/mol. The number of hydrogen-bond donors (Lipinski definition) is 1. The molecule has 1 saturated heterocycles. The molecule has 1 heterocycles. The highest BCUT2D eigenvalue weighted by molar-refractivity contribution is 7.91. The number of nitrogens with one attached hydrogen (secondary N) is 1. The van der Waals surface area contributed by atoms with Crippen LogP contribution in [0.15, 0.2) is 30.3 Å². The van der Waals surface area contributed by atoms with Gasteiger partial charge in [-0.2, -0.15) is 0 Å². The summed E-state index contributed by atoms with van der Waals surface area (Å²) >= 11 is 5.86. The molecule has 1 aliphatic rings. The maximum atomic E-state index is 11.5. The van der Waals surface area contributed by atoms with Gasteiger partial charge in [-0.25, -0.2) is 13.2 Å². The number of amides is 1. The quantitative estimate of drug-likeness (QED) is 0.830. The van der Waals surface area contributed by atoms with E-state index in [4.69, 9.17) is 16.3 Å². The van der Waals surface area contributed by atoms with Crippen LogP contribution in [0, 0.1) is 0 Å². The van der Waals surface area contributed by atoms with Gasteiger partial charge in [0.15, 0.2) is 9.84 Å². The molecule has 2 atom stereocenters. The second-order valence-corrected chi connectivity index (χ2v) is 6.76. The van der Waals surface area contributed by atoms with Gasteiger partial charge in [-0.1, -0.05) is 18.2 Å². The molecule has 2 unspecified atom stereocenters. The van der Waals surface area contributed by atoms with Gasteiger partial charge in [0.25, 0.3) is 0 Å². The number of hydrogen-bond acceptors (Lipinski definition) is 4. The molecule has 1 amide bonds. The van der Waals surface area contributed by atoms with Crippen LogP contribution in [0.3, 0.4) is 0 Å². The first-order chi connectivity index (χ1) is 8.46. The second-order valence-electron chi connectivity index (χ2n) is 4.05. The molecule has 2 rings (SSSR count). The summed E-state index contributed by atoms with van der Waals surface area (Å²) in [6.45, 7) is 0. The lowest BCUT2D eigenvalue weighted by Crippen LogP contribution is -2.42. The average Bonchev–Trinajstić information content (AvgIpc) is 2.53. The topological polar surface area (TPSA) is 72.5 Å². The van der Waals surface area contributed by atoms with E-state index in [0.29, 0.717) is 5.75 Å². The molecule has 18 heavy (non-hydrogen) atoms. The third-order valence-electron chi connectivity index (χ3n) is 2.54. The lowest BCUT2D eigenvalue weighted by atomic mass is 10.3. The van der Waals surface area contributed by atoms with Crippen molar-refractivity contribution in [2.45, 2.75) is 11.4 Å². The fourth-order valence-electron chi connectivity index (χ4n) is 1.71. The zero-order valence-electron chi connectivity index (χ0n) is 9.37. The lowest BCUT2D eigenvalue weighted by Gasteiger charge is -2.13. The van der Waals surface area contributed by atoms with Gasteiger partial charge in [-0.15, -0.1) is 11.6 Å². The van der Waals surface area contributed by atoms with Gasteiger partial charge in [0.05, 0.1) is 22.9 Å². The Labute approximate surface area is 110 Å². The van der Waals surface area contributed by atoms with Crippen molar-refractivity contribution in [1.29, 1.82) is 0 Å². The minimum atomic E-state index is -3.17. The Morgan fingerprint density at radius 1 is 1.28 bits per heavy atom. The van der Waals surface area contributed by atoms with E-state index in [2.05, 4.69) is 5.32 Å². The van der Waals surface area contributed by atoms with Crippen LogP contribution in [0.4, 0.5) is 4.79 Å². The van der Waals surface area contributed by atoms with Crippen molar-refractivity contribution in [2.24, 2.45) is 0 Å². The van der Waals surface area contributed by atoms with Crippen molar-refractivity contribution in [1.82, 2.24) is 5.32 Å². The molecule has 0 bridgehead atoms. The van der Waals surface area contributed by atoms with Crippen LogP contribution in [0.5, 0.6) is 5.75 Å². The third kappa shape index (κ3) is 3.36. The van der Waals surface area contributed by atoms with Gasteiger partial charge >= 0.3 is 6.09 Å². The molecule has 1 N–H and O–H groups in total. The van der Waals surface area contributed by atoms with Gasteiger partial charge in [0, 0.05) is 0 Å². The fraction of sp³-hybridized carbons (Fsp3) is 0.364. The van der Waals surface area contributed by atoms with E-state index in [-0.39, 0.29) is 11.5 Å². The van der Waals surface area contributed by atoms with Crippen LogP contribution in [-0.4, -0.2) is 37.4 Å². The number of benzene rings is 1. The SMILES string of the molecule is O=C(NC1CS(=O)(=O)CC1Cl)Oc1ccccc1. The summed E-state index contributed by atoms with van der Waals surface area (Å²) in [6.07, 6.45) is -0.700. The second kappa shape index (κ2) is 5.16. The van der Waals surface area contributed by atoms with E-state index in [9.17, 15) is 13.2 Å². The summed E-state index contributed by atoms with van der Waals surface area (Å²) in [4.78, 5) is 11.5. The van der Waals surface area contributed by atoms with E-state index < -0.39 is 27.3 Å². The van der Waals surface area contributed by atoms with Crippen LogP contribution < -0.4 is 10.1 Å². The summed E-state index contributed by atoms with van der Waals surface area (Å²) < 4.78 is 27.6. The highest BCUT2D eigenvalue weighted by atomic mass is 35.5. The largest absolute Gasteiger partial charge is 0.412 e. The molecule has 1 aliphatic heterocycles. The lowest BCUT2D eigenvalue weighted by molar-refractivity contribution is 0.197. The third-order valence-corrected chi connectivity index (χ3v) is 4.92. The van der Waals surface area contributed by atoms with Crippen molar-refractivity contribution < 1.29 is 17.9 Å². The highest BCUT2D eigenvalue weighted by Crippen LogP contribution is 2.18. The Kier molecular flexibility index (Phi) is 3.77. The number of ether oxygens (including phenoxy) is 1. The predicted octanol–water partition coefficient (Wildman–Crippen LogP) is 1.18. The Balaban J connectivity index is 1.93. The number of alkyl halides is 1. The molecular formula is C11H12ClNO4S. The van der Waals surface area contributed by atoms with Crippen LogP contribution in [0.2, 0.25) is 0 Å². The Morgan fingerprint density at radius 3 is 2.50 bits per heavy atom. The van der Waals surface area contributed by atoms with Crippen molar-refractivity contribution in [3.05, 3.63) is 30.3 Å². The van der Waals surface area contributed by atoms with Crippen molar-refractivity contribution in [3.63, 3.8) is 0 Å². The average molecular weight is 290 g/mol. The van der Waals surface area contributed by atoms with Crippen molar-refractivity contribution in [2.75, 3.05) is 11.5 Å². The van der Waals surface area contributed by atoms with Crippen LogP contribution in [-0.2, 0) is 9.84 Å². The van der Waals surface area contributed by atoms with Gasteiger partial charge in [0.1, 0.15) is 5.75 Å². The molecule has 1 fully saturated rings. The molecule has 0 aromatic heterocycles. The Morgan fingerprint density at radius 2 is 1.94 bits per heavy atom. The summed E-state index contributed by atoms with van der Waals surface area (Å²) in [5.41, 5.74) is 0. The van der Waals surface area contributed by atoms with Crippen LogP contribution in [0.25, 0.3) is 0 Å². The summed E-state index contributed by atoms with van der Waals surface area (Å²) in [5, 5.41) is 1.85. The number of carbonyl (C=O) groups excluding carboxylic acids is 1. The molecule has 98 valence electrons. The smallest absolute Gasteiger partial charge is 0.410 e. The maximum absolute atomic E-state index is 11.5. The first-order valence-corrected chi connectivity index (χ1v) is 7.60. The van der Waals surface area contributed by atoms with Gasteiger partial charge < -0.3 is 10.1 Å². The summed E-state index contributed by atoms with van der Waals surface area (Å²) in [5.74, 6) is 0.123. The van der Waals surface area contributed by atoms with E-state index >= 15 is 0 Å². The van der Waals surface area contributed by atoms with Gasteiger partial charge in [-0.3, -0.25) is 0 Å². The molecule has 0 spiro atoms. The zero-order chi connectivity index (χ0) is 13.2. The summed E-state index contributed by atoms with van der Waals surface area (Å²) in [6, 6.07) is 7.91. The molecule has 0 radical (unpaired) electrons. The van der Waals surface area contributed by atoms with Gasteiger partial charge in [-0.05, 0) is 12.1 Å². The molecule has 0 saturated carbocycles. The monoisotopic (exact) mass is 289 g/mol. The van der Waals surface area contributed by atoms with E-state index in [1.165, 1.54) is 0 Å². The molecule has 0 aliphatic carbocycles. The number of carbonyl (C=O) groups is 1. The zero-order valence-corrected chi connectivity index (χ0v) is 10.9. The molecule has 7 heteroatoms. The van der Waals surface area contributed by atoms with E-state index in [0.717, 1.165) is 0 Å². The number of sulfone groups is 1. The molecule has 5 nitrogen and oxygen atoms in total. The van der Waals surface area contributed by atoms with Crippen molar-refractivity contribution in [3.8, 4) is 5.75 Å². The minimum absolute atomic E-state index is 0.120. The Hall–Kier alpha value is -1.27. The van der Waals surface area contributed by atoms with Crippen LogP contribution >= 0.6 is 11.6 Å². The number of rotatable bonds is 2. The highest BCUT2D eigenvalue weighted by Gasteiger charge is 2.37. The predicted molar refractivity (Wildman–Crippen MR) is 67.7 cm³/mol. The first-order valence-electron chi connectivity index (χ1n) is 5.34. The minimum Gasteiger partial charge on any atom is -0.410 e. The summed E-state index contributed by atoms with van der Waals surface area (Å²) in [7, 11) is -3.17. The van der Waals surface area contributed by atoms with E-state index in [1.54, 1.807) is 30.3 Å². The maximum Gasteiger partial charge on any atom is 0.412 e. The van der Waals surface area contributed by atoms with Crippen molar-refractivity contribution >= 4 is 27.5 Å². The normalized spacial score (nSPS) is 25.6. The Bertz CT molecular complexity index is 531. The molecule has 1 aromatic rings. The van der Waals surface area contributed by atoms with E-state index in [1.807, 2.05) is 0 Å². The molecule has 1 aromatic carbocycles. The number of halogens is 1.